The highest BCUT2D eigenvalue weighted by atomic mass is 35.5. The number of hydrogen-bond acceptors (Lipinski definition) is 5. The number of β-amino-alcohol motifs (C(OH)–C–C–N with tert-alkyl or cyclic N) is 1. The molecule has 0 saturated carbocycles. The van der Waals surface area contributed by atoms with Crippen LogP contribution in [0.15, 0.2) is 12.3 Å². The lowest BCUT2D eigenvalue weighted by molar-refractivity contribution is 0.1000. The van der Waals surface area contributed by atoms with Gasteiger partial charge in [0.15, 0.2) is 0 Å². The zero-order valence-electron chi connectivity index (χ0n) is 12.3. The van der Waals surface area contributed by atoms with Crippen LogP contribution in [0.4, 0.5) is 5.82 Å². The molecule has 2 heterocycles. The molecule has 2 atom stereocenters. The number of halogens is 1. The van der Waals surface area contributed by atoms with Crippen molar-refractivity contribution in [2.24, 2.45) is 5.73 Å². The van der Waals surface area contributed by atoms with Crippen LogP contribution < -0.4 is 10.6 Å². The summed E-state index contributed by atoms with van der Waals surface area (Å²) in [6.45, 7) is 6.99. The summed E-state index contributed by atoms with van der Waals surface area (Å²) in [6, 6.07) is 1.78. The Bertz CT molecular complexity index is 524. The number of aliphatic hydroxyl groups excluding tert-OH is 1. The highest BCUT2D eigenvalue weighted by Crippen LogP contribution is 2.27. The maximum atomic E-state index is 11.1. The van der Waals surface area contributed by atoms with Crippen LogP contribution in [0, 0.1) is 0 Å². The predicted molar refractivity (Wildman–Crippen MR) is 82.7 cm³/mol. The van der Waals surface area contributed by atoms with Crippen molar-refractivity contribution in [3.05, 3.63) is 22.8 Å². The molecule has 0 radical (unpaired) electrons. The number of carbonyl (C=O) groups excluding carboxylic acids is 1. The molecular formula is C14H21ClN4O2. The van der Waals surface area contributed by atoms with Crippen LogP contribution in [-0.2, 0) is 0 Å². The second-order valence-electron chi connectivity index (χ2n) is 5.54. The summed E-state index contributed by atoms with van der Waals surface area (Å²) < 4.78 is 0. The van der Waals surface area contributed by atoms with Gasteiger partial charge >= 0.3 is 0 Å². The number of hydrogen-bond donors (Lipinski definition) is 2. The largest absolute Gasteiger partial charge is 0.392 e. The molecule has 1 fully saturated rings. The van der Waals surface area contributed by atoms with Gasteiger partial charge in [-0.1, -0.05) is 11.6 Å². The van der Waals surface area contributed by atoms with Crippen LogP contribution in [0.3, 0.4) is 0 Å². The first-order valence-electron chi connectivity index (χ1n) is 7.01. The third kappa shape index (κ3) is 3.84. The molecule has 2 unspecified atom stereocenters. The number of rotatable bonds is 4. The van der Waals surface area contributed by atoms with Crippen LogP contribution in [0.1, 0.15) is 24.2 Å². The van der Waals surface area contributed by atoms with Gasteiger partial charge in [-0.25, -0.2) is 4.98 Å². The van der Waals surface area contributed by atoms with Crippen molar-refractivity contribution in [2.75, 3.05) is 31.1 Å². The molecule has 0 bridgehead atoms. The maximum Gasteiger partial charge on any atom is 0.250 e. The van der Waals surface area contributed by atoms with E-state index >= 15 is 0 Å². The zero-order chi connectivity index (χ0) is 15.6. The van der Waals surface area contributed by atoms with Crippen LogP contribution >= 0.6 is 11.6 Å². The summed E-state index contributed by atoms with van der Waals surface area (Å²) >= 11 is 6.23. The fraction of sp³-hybridized carbons (Fsp3) is 0.571. The second-order valence-corrected chi connectivity index (χ2v) is 5.95. The minimum Gasteiger partial charge on any atom is -0.392 e. The van der Waals surface area contributed by atoms with Gasteiger partial charge in [0, 0.05) is 38.4 Å². The van der Waals surface area contributed by atoms with Crippen molar-refractivity contribution >= 4 is 23.3 Å². The zero-order valence-corrected chi connectivity index (χ0v) is 13.0. The molecular weight excluding hydrogens is 292 g/mol. The second kappa shape index (κ2) is 6.60. The smallest absolute Gasteiger partial charge is 0.250 e. The summed E-state index contributed by atoms with van der Waals surface area (Å²) in [5.41, 5.74) is 5.53. The standard InChI is InChI=1S/C14H21ClN4O2/c1-9-7-18(8-10(2)20)3-4-19(9)14-12(15)5-11(6-17-14)13(16)21/h5-6,9-10,20H,3-4,7-8H2,1-2H3,(H2,16,21). The number of nitrogens with zero attached hydrogens (tertiary/aromatic N) is 3. The molecule has 1 amide bonds. The molecule has 0 aliphatic carbocycles. The molecule has 21 heavy (non-hydrogen) atoms. The van der Waals surface area contributed by atoms with Gasteiger partial charge in [-0.3, -0.25) is 9.69 Å². The molecule has 1 aliphatic rings. The molecule has 1 aromatic rings. The fourth-order valence-corrected chi connectivity index (χ4v) is 2.94. The number of aliphatic hydroxyl groups is 1. The number of pyridine rings is 1. The van der Waals surface area contributed by atoms with Crippen molar-refractivity contribution in [1.29, 1.82) is 0 Å². The summed E-state index contributed by atoms with van der Waals surface area (Å²) in [7, 11) is 0. The van der Waals surface area contributed by atoms with E-state index in [0.717, 1.165) is 19.6 Å². The number of nitrogens with two attached hydrogens (primary N) is 1. The first-order chi connectivity index (χ1) is 9.88. The molecule has 1 saturated heterocycles. The van der Waals surface area contributed by atoms with E-state index in [-0.39, 0.29) is 12.1 Å². The van der Waals surface area contributed by atoms with Gasteiger partial charge in [0.1, 0.15) is 5.82 Å². The van der Waals surface area contributed by atoms with Crippen molar-refractivity contribution < 1.29 is 9.90 Å². The average molecular weight is 313 g/mol. The average Bonchev–Trinajstić information content (AvgIpc) is 2.38. The van der Waals surface area contributed by atoms with E-state index in [1.165, 1.54) is 6.20 Å². The molecule has 1 aromatic heterocycles. The minimum absolute atomic E-state index is 0.224. The van der Waals surface area contributed by atoms with Gasteiger partial charge in [0.05, 0.1) is 16.7 Å². The number of amides is 1. The monoisotopic (exact) mass is 312 g/mol. The summed E-state index contributed by atoms with van der Waals surface area (Å²) in [6.07, 6.45) is 1.12. The van der Waals surface area contributed by atoms with Gasteiger partial charge in [0.2, 0.25) is 5.91 Å². The Hall–Kier alpha value is -1.37. The lowest BCUT2D eigenvalue weighted by atomic mass is 10.1. The van der Waals surface area contributed by atoms with Crippen molar-refractivity contribution in [3.63, 3.8) is 0 Å². The molecule has 1 aliphatic heterocycles. The van der Waals surface area contributed by atoms with Crippen molar-refractivity contribution in [1.82, 2.24) is 9.88 Å². The topological polar surface area (TPSA) is 82.7 Å². The van der Waals surface area contributed by atoms with E-state index in [9.17, 15) is 9.90 Å². The molecule has 2 rings (SSSR count). The van der Waals surface area contributed by atoms with Crippen molar-refractivity contribution in [3.8, 4) is 0 Å². The quantitative estimate of drug-likeness (QED) is 0.856. The first kappa shape index (κ1) is 16.0. The molecule has 6 nitrogen and oxygen atoms in total. The van der Waals surface area contributed by atoms with E-state index in [4.69, 9.17) is 17.3 Å². The summed E-state index contributed by atoms with van der Waals surface area (Å²) in [4.78, 5) is 19.8. The fourth-order valence-electron chi connectivity index (χ4n) is 2.66. The highest BCUT2D eigenvalue weighted by molar-refractivity contribution is 6.33. The van der Waals surface area contributed by atoms with Gasteiger partial charge in [-0.2, -0.15) is 0 Å². The Labute approximate surface area is 129 Å². The Morgan fingerprint density at radius 1 is 1.62 bits per heavy atom. The van der Waals surface area contributed by atoms with Gasteiger partial charge in [-0.15, -0.1) is 0 Å². The lowest BCUT2D eigenvalue weighted by Crippen LogP contribution is -2.53. The Morgan fingerprint density at radius 2 is 2.33 bits per heavy atom. The first-order valence-corrected chi connectivity index (χ1v) is 7.38. The van der Waals surface area contributed by atoms with Crippen molar-refractivity contribution in [2.45, 2.75) is 26.0 Å². The number of anilines is 1. The summed E-state index contributed by atoms with van der Waals surface area (Å²) in [5, 5.41) is 9.90. The molecule has 3 N–H and O–H groups in total. The van der Waals surface area contributed by atoms with E-state index < -0.39 is 5.91 Å². The Morgan fingerprint density at radius 3 is 2.86 bits per heavy atom. The van der Waals surface area contributed by atoms with E-state index in [1.54, 1.807) is 13.0 Å². The Balaban J connectivity index is 2.11. The normalized spacial score (nSPS) is 21.3. The summed E-state index contributed by atoms with van der Waals surface area (Å²) in [5.74, 6) is 0.136. The van der Waals surface area contributed by atoms with Gasteiger partial charge < -0.3 is 15.7 Å². The van der Waals surface area contributed by atoms with Crippen LogP contribution in [0.25, 0.3) is 0 Å². The van der Waals surface area contributed by atoms with E-state index in [2.05, 4.69) is 21.7 Å². The minimum atomic E-state index is -0.536. The number of carbonyl (C=O) groups is 1. The van der Waals surface area contributed by atoms with Crippen LogP contribution in [0.5, 0.6) is 0 Å². The molecule has 0 aromatic carbocycles. The number of piperazine rings is 1. The third-order valence-electron chi connectivity index (χ3n) is 3.61. The molecule has 7 heteroatoms. The highest BCUT2D eigenvalue weighted by Gasteiger charge is 2.26. The third-order valence-corrected chi connectivity index (χ3v) is 3.89. The Kier molecular flexibility index (Phi) is 5.03. The predicted octanol–water partition coefficient (Wildman–Crippen LogP) is 0.725. The van der Waals surface area contributed by atoms with Gasteiger partial charge in [0.25, 0.3) is 0 Å². The molecule has 116 valence electrons. The number of primary amides is 1. The van der Waals surface area contributed by atoms with E-state index in [1.807, 2.05) is 0 Å². The van der Waals surface area contributed by atoms with E-state index in [0.29, 0.717) is 22.9 Å². The van der Waals surface area contributed by atoms with Crippen LogP contribution in [-0.4, -0.2) is 59.2 Å². The SMILES string of the molecule is CC(O)CN1CCN(c2ncc(C(N)=O)cc2Cl)C(C)C1. The number of aromatic nitrogens is 1. The van der Waals surface area contributed by atoms with Gasteiger partial charge in [-0.05, 0) is 19.9 Å². The van der Waals surface area contributed by atoms with Crippen LogP contribution in [0.2, 0.25) is 5.02 Å². The molecule has 0 spiro atoms. The lowest BCUT2D eigenvalue weighted by Gasteiger charge is -2.41. The maximum absolute atomic E-state index is 11.1.